The lowest BCUT2D eigenvalue weighted by Gasteiger charge is -2.34. The molecule has 0 spiro atoms. The van der Waals surface area contributed by atoms with E-state index < -0.39 is 11.4 Å². The Morgan fingerprint density at radius 3 is 2.83 bits per heavy atom. The lowest BCUT2D eigenvalue weighted by Crippen LogP contribution is -2.55. The van der Waals surface area contributed by atoms with Crippen LogP contribution in [0.25, 0.3) is 0 Å². The third-order valence-corrected chi connectivity index (χ3v) is 2.56. The van der Waals surface area contributed by atoms with E-state index in [4.69, 9.17) is 16.2 Å². The van der Waals surface area contributed by atoms with Crippen molar-refractivity contribution in [2.75, 3.05) is 7.11 Å². The monoisotopic (exact) mass is 172 g/mol. The van der Waals surface area contributed by atoms with Gasteiger partial charge in [-0.15, -0.1) is 0 Å². The van der Waals surface area contributed by atoms with Gasteiger partial charge in [0.15, 0.2) is 0 Å². The second kappa shape index (κ2) is 3.41. The molecule has 0 aliphatic heterocycles. The van der Waals surface area contributed by atoms with Gasteiger partial charge in [-0.3, -0.25) is 4.79 Å². The Kier molecular flexibility index (Phi) is 2.69. The maximum absolute atomic E-state index is 11.0. The molecule has 4 N–H and O–H groups in total. The first-order valence-electron chi connectivity index (χ1n) is 4.20. The van der Waals surface area contributed by atoms with Crippen LogP contribution in [0.3, 0.4) is 0 Å². The van der Waals surface area contributed by atoms with Gasteiger partial charge in [0.2, 0.25) is 5.91 Å². The number of carbonyl (C=O) groups is 1. The van der Waals surface area contributed by atoms with Crippen LogP contribution in [0.2, 0.25) is 0 Å². The summed E-state index contributed by atoms with van der Waals surface area (Å²) in [7, 11) is 1.64. The van der Waals surface area contributed by atoms with Crippen LogP contribution >= 0.6 is 0 Å². The SMILES string of the molecule is COC1CCCC(N)(C(N)=O)C1. The van der Waals surface area contributed by atoms with Crippen molar-refractivity contribution in [1.29, 1.82) is 0 Å². The predicted octanol–water partition coefficient (Wildman–Crippen LogP) is -0.242. The van der Waals surface area contributed by atoms with E-state index in [1.807, 2.05) is 0 Å². The minimum Gasteiger partial charge on any atom is -0.381 e. The smallest absolute Gasteiger partial charge is 0.237 e. The third kappa shape index (κ3) is 1.76. The molecule has 0 heterocycles. The molecule has 1 amide bonds. The highest BCUT2D eigenvalue weighted by molar-refractivity contribution is 5.84. The molecular weight excluding hydrogens is 156 g/mol. The van der Waals surface area contributed by atoms with Crippen LogP contribution in [0.5, 0.6) is 0 Å². The molecular formula is C8H16N2O2. The Hall–Kier alpha value is -0.610. The minimum atomic E-state index is -0.834. The summed E-state index contributed by atoms with van der Waals surface area (Å²) in [4.78, 5) is 11.0. The van der Waals surface area contributed by atoms with E-state index in [0.717, 1.165) is 12.8 Å². The van der Waals surface area contributed by atoms with Crippen LogP contribution < -0.4 is 11.5 Å². The first-order chi connectivity index (χ1) is 5.58. The molecule has 2 unspecified atom stereocenters. The van der Waals surface area contributed by atoms with Crippen molar-refractivity contribution in [2.45, 2.75) is 37.3 Å². The summed E-state index contributed by atoms with van der Waals surface area (Å²) in [5.41, 5.74) is 10.2. The molecule has 2 atom stereocenters. The molecule has 4 heteroatoms. The van der Waals surface area contributed by atoms with Crippen LogP contribution in [-0.2, 0) is 9.53 Å². The molecule has 1 aliphatic carbocycles. The fourth-order valence-corrected chi connectivity index (χ4v) is 1.68. The van der Waals surface area contributed by atoms with Crippen LogP contribution in [0, 0.1) is 0 Å². The topological polar surface area (TPSA) is 78.3 Å². The van der Waals surface area contributed by atoms with Gasteiger partial charge in [-0.1, -0.05) is 0 Å². The number of ether oxygens (including phenoxy) is 1. The zero-order chi connectivity index (χ0) is 9.19. The molecule has 0 bridgehead atoms. The molecule has 1 saturated carbocycles. The van der Waals surface area contributed by atoms with Crippen molar-refractivity contribution < 1.29 is 9.53 Å². The molecule has 0 radical (unpaired) electrons. The standard InChI is InChI=1S/C8H16N2O2/c1-12-6-3-2-4-8(10,5-6)7(9)11/h6H,2-5,10H2,1H3,(H2,9,11). The molecule has 0 saturated heterocycles. The van der Waals surface area contributed by atoms with Gasteiger partial charge in [0, 0.05) is 13.5 Å². The van der Waals surface area contributed by atoms with Gasteiger partial charge in [-0.2, -0.15) is 0 Å². The van der Waals surface area contributed by atoms with Crippen molar-refractivity contribution in [3.8, 4) is 0 Å². The largest absolute Gasteiger partial charge is 0.381 e. The van der Waals surface area contributed by atoms with Gasteiger partial charge in [0.05, 0.1) is 11.6 Å². The van der Waals surface area contributed by atoms with E-state index in [1.165, 1.54) is 0 Å². The summed E-state index contributed by atoms with van der Waals surface area (Å²) in [5, 5.41) is 0. The summed E-state index contributed by atoms with van der Waals surface area (Å²) in [5.74, 6) is -0.413. The molecule has 0 aromatic heterocycles. The fourth-order valence-electron chi connectivity index (χ4n) is 1.68. The molecule has 1 fully saturated rings. The summed E-state index contributed by atoms with van der Waals surface area (Å²) >= 11 is 0. The summed E-state index contributed by atoms with van der Waals surface area (Å²) in [6.45, 7) is 0. The highest BCUT2D eigenvalue weighted by atomic mass is 16.5. The van der Waals surface area contributed by atoms with Crippen molar-refractivity contribution in [3.05, 3.63) is 0 Å². The van der Waals surface area contributed by atoms with E-state index >= 15 is 0 Å². The third-order valence-electron chi connectivity index (χ3n) is 2.56. The van der Waals surface area contributed by atoms with Crippen LogP contribution in [-0.4, -0.2) is 24.7 Å². The molecule has 0 aromatic carbocycles. The zero-order valence-electron chi connectivity index (χ0n) is 7.38. The van der Waals surface area contributed by atoms with E-state index in [1.54, 1.807) is 7.11 Å². The van der Waals surface area contributed by atoms with Gasteiger partial charge >= 0.3 is 0 Å². The first-order valence-corrected chi connectivity index (χ1v) is 4.20. The summed E-state index contributed by atoms with van der Waals surface area (Å²) in [6, 6.07) is 0. The number of carbonyl (C=O) groups excluding carboxylic acids is 1. The van der Waals surface area contributed by atoms with Crippen molar-refractivity contribution >= 4 is 5.91 Å². The van der Waals surface area contributed by atoms with E-state index in [2.05, 4.69) is 0 Å². The average Bonchev–Trinajstić information content (AvgIpc) is 2.04. The molecule has 1 aliphatic rings. The summed E-state index contributed by atoms with van der Waals surface area (Å²) < 4.78 is 5.15. The average molecular weight is 172 g/mol. The van der Waals surface area contributed by atoms with Crippen molar-refractivity contribution in [3.63, 3.8) is 0 Å². The molecule has 70 valence electrons. The number of nitrogens with two attached hydrogens (primary N) is 2. The van der Waals surface area contributed by atoms with Crippen LogP contribution in [0.1, 0.15) is 25.7 Å². The lowest BCUT2D eigenvalue weighted by molar-refractivity contribution is -0.126. The van der Waals surface area contributed by atoms with Crippen LogP contribution in [0.15, 0.2) is 0 Å². The Morgan fingerprint density at radius 1 is 1.67 bits per heavy atom. The minimum absolute atomic E-state index is 0.0937. The Labute approximate surface area is 72.2 Å². The van der Waals surface area contributed by atoms with Gasteiger partial charge in [-0.05, 0) is 19.3 Å². The highest BCUT2D eigenvalue weighted by Crippen LogP contribution is 2.27. The Morgan fingerprint density at radius 2 is 2.33 bits per heavy atom. The molecule has 4 nitrogen and oxygen atoms in total. The van der Waals surface area contributed by atoms with E-state index in [-0.39, 0.29) is 6.10 Å². The second-order valence-electron chi connectivity index (χ2n) is 3.47. The van der Waals surface area contributed by atoms with E-state index in [0.29, 0.717) is 12.8 Å². The molecule has 1 rings (SSSR count). The Bertz CT molecular complexity index is 184. The van der Waals surface area contributed by atoms with Crippen molar-refractivity contribution in [2.24, 2.45) is 11.5 Å². The van der Waals surface area contributed by atoms with Crippen LogP contribution in [0.4, 0.5) is 0 Å². The lowest BCUT2D eigenvalue weighted by atomic mass is 9.80. The zero-order valence-corrected chi connectivity index (χ0v) is 7.38. The quantitative estimate of drug-likeness (QED) is 0.603. The van der Waals surface area contributed by atoms with Gasteiger partial charge in [0.25, 0.3) is 0 Å². The Balaban J connectivity index is 2.61. The van der Waals surface area contributed by atoms with Gasteiger partial charge < -0.3 is 16.2 Å². The van der Waals surface area contributed by atoms with E-state index in [9.17, 15) is 4.79 Å². The highest BCUT2D eigenvalue weighted by Gasteiger charge is 2.37. The molecule has 12 heavy (non-hydrogen) atoms. The maximum atomic E-state index is 11.0. The predicted molar refractivity (Wildman–Crippen MR) is 45.4 cm³/mol. The van der Waals surface area contributed by atoms with Gasteiger partial charge in [-0.25, -0.2) is 0 Å². The first kappa shape index (κ1) is 9.48. The van der Waals surface area contributed by atoms with Gasteiger partial charge in [0.1, 0.15) is 0 Å². The number of methoxy groups -OCH3 is 1. The summed E-state index contributed by atoms with van der Waals surface area (Å²) in [6.07, 6.45) is 3.22. The fraction of sp³-hybridized carbons (Fsp3) is 0.875. The molecule has 0 aromatic rings. The number of primary amides is 1. The number of amides is 1. The maximum Gasteiger partial charge on any atom is 0.237 e. The second-order valence-corrected chi connectivity index (χ2v) is 3.47. The van der Waals surface area contributed by atoms with Crippen molar-refractivity contribution in [1.82, 2.24) is 0 Å². The normalized spacial score (nSPS) is 36.3. The number of rotatable bonds is 2. The number of hydrogen-bond acceptors (Lipinski definition) is 3. The number of hydrogen-bond donors (Lipinski definition) is 2.